The summed E-state index contributed by atoms with van der Waals surface area (Å²) in [5.74, 6) is 2.00. The van der Waals surface area contributed by atoms with Crippen LogP contribution in [0.4, 0.5) is 10.5 Å². The minimum absolute atomic E-state index is 0.0477. The van der Waals surface area contributed by atoms with Crippen LogP contribution in [0.1, 0.15) is 25.7 Å². The van der Waals surface area contributed by atoms with E-state index in [-0.39, 0.29) is 11.4 Å². The number of rotatable bonds is 4. The molecule has 1 aromatic carbocycles. The molecule has 1 unspecified atom stereocenters. The first kappa shape index (κ1) is 15.5. The Bertz CT molecular complexity index is 594. The van der Waals surface area contributed by atoms with E-state index in [1.165, 1.54) is 24.3 Å². The summed E-state index contributed by atoms with van der Waals surface area (Å²) in [7, 11) is 0. The predicted molar refractivity (Wildman–Crippen MR) is 83.2 cm³/mol. The molecule has 2 aliphatic carbocycles. The highest BCUT2D eigenvalue weighted by Crippen LogP contribution is 2.52. The van der Waals surface area contributed by atoms with Gasteiger partial charge in [-0.05, 0) is 55.6 Å². The van der Waals surface area contributed by atoms with Gasteiger partial charge < -0.3 is 9.47 Å². The molecular weight excluding hydrogens is 298 g/mol. The molecule has 1 aromatic rings. The summed E-state index contributed by atoms with van der Waals surface area (Å²) in [4.78, 5) is 21.8. The minimum Gasteiger partial charge on any atom is -0.434 e. The molecule has 1 fully saturated rings. The maximum atomic E-state index is 11.7. The number of carbonyl (C=O) groups is 1. The molecule has 0 heterocycles. The molecule has 0 saturated heterocycles. The first-order chi connectivity index (χ1) is 11.1. The number of carbonyl (C=O) groups excluding carboxylic acids is 1. The topological polar surface area (TPSA) is 78.7 Å². The summed E-state index contributed by atoms with van der Waals surface area (Å²) in [5, 5.41) is 10.6. The second-order valence-corrected chi connectivity index (χ2v) is 6.03. The van der Waals surface area contributed by atoms with Crippen LogP contribution >= 0.6 is 0 Å². The van der Waals surface area contributed by atoms with E-state index in [1.807, 2.05) is 0 Å². The third kappa shape index (κ3) is 3.88. The fraction of sp³-hybridized carbons (Fsp3) is 0.471. The summed E-state index contributed by atoms with van der Waals surface area (Å²) >= 11 is 0. The third-order valence-electron chi connectivity index (χ3n) is 4.65. The van der Waals surface area contributed by atoms with E-state index < -0.39 is 11.1 Å². The first-order valence-electron chi connectivity index (χ1n) is 7.89. The number of nitro benzene ring substituents is 1. The lowest BCUT2D eigenvalue weighted by atomic mass is 10.1. The molecule has 3 rings (SSSR count). The standard InChI is InChI=1S/C17H19NO5/c19-17(23-13-9-7-12(8-10-13)18(20)21)22-11-16-14-5-3-1-2-4-6-15(14)16/h1-2,7-10,14-16H,3-6,11H2/b2-1-/t14-,15+,16?. The van der Waals surface area contributed by atoms with E-state index in [2.05, 4.69) is 12.2 Å². The molecule has 23 heavy (non-hydrogen) atoms. The maximum Gasteiger partial charge on any atom is 0.513 e. The highest BCUT2D eigenvalue weighted by molar-refractivity contribution is 5.64. The molecule has 3 atom stereocenters. The van der Waals surface area contributed by atoms with Gasteiger partial charge in [0.05, 0.1) is 11.5 Å². The second-order valence-electron chi connectivity index (χ2n) is 6.03. The SMILES string of the molecule is O=C(OCC1[C@H]2CC/C=C\CC[C@@H]12)Oc1ccc([N+](=O)[O-])cc1. The Labute approximate surface area is 134 Å². The number of benzene rings is 1. The first-order valence-corrected chi connectivity index (χ1v) is 7.89. The van der Waals surface area contributed by atoms with Crippen molar-refractivity contribution in [2.45, 2.75) is 25.7 Å². The van der Waals surface area contributed by atoms with Crippen LogP contribution < -0.4 is 4.74 Å². The summed E-state index contributed by atoms with van der Waals surface area (Å²) < 4.78 is 10.2. The molecular formula is C17H19NO5. The molecule has 0 spiro atoms. The Kier molecular flexibility index (Phi) is 4.60. The Morgan fingerprint density at radius 1 is 1.13 bits per heavy atom. The number of nitrogens with zero attached hydrogens (tertiary/aromatic N) is 1. The van der Waals surface area contributed by atoms with Gasteiger partial charge in [-0.15, -0.1) is 0 Å². The Balaban J connectivity index is 1.44. The monoisotopic (exact) mass is 317 g/mol. The molecule has 6 heteroatoms. The highest BCUT2D eigenvalue weighted by atomic mass is 16.7. The van der Waals surface area contributed by atoms with Crippen LogP contribution in [0.5, 0.6) is 5.75 Å². The van der Waals surface area contributed by atoms with Gasteiger partial charge in [-0.2, -0.15) is 0 Å². The molecule has 1 saturated carbocycles. The van der Waals surface area contributed by atoms with Crippen molar-refractivity contribution < 1.29 is 19.2 Å². The van der Waals surface area contributed by atoms with Crippen molar-refractivity contribution in [3.63, 3.8) is 0 Å². The average molecular weight is 317 g/mol. The second kappa shape index (κ2) is 6.81. The lowest BCUT2D eigenvalue weighted by Gasteiger charge is -2.05. The van der Waals surface area contributed by atoms with Crippen molar-refractivity contribution in [1.82, 2.24) is 0 Å². The van der Waals surface area contributed by atoms with Gasteiger partial charge in [0, 0.05) is 12.1 Å². The number of non-ortho nitro benzene ring substituents is 1. The summed E-state index contributed by atoms with van der Waals surface area (Å²) in [6.45, 7) is 0.390. The van der Waals surface area contributed by atoms with Gasteiger partial charge in [0.1, 0.15) is 5.75 Å². The van der Waals surface area contributed by atoms with Crippen molar-refractivity contribution in [2.75, 3.05) is 6.61 Å². The summed E-state index contributed by atoms with van der Waals surface area (Å²) in [6.07, 6.45) is 8.23. The molecule has 6 nitrogen and oxygen atoms in total. The molecule has 0 bridgehead atoms. The molecule has 0 amide bonds. The zero-order chi connectivity index (χ0) is 16.2. The summed E-state index contributed by atoms with van der Waals surface area (Å²) in [6, 6.07) is 5.35. The van der Waals surface area contributed by atoms with Crippen LogP contribution in [0.3, 0.4) is 0 Å². The van der Waals surface area contributed by atoms with E-state index in [1.54, 1.807) is 0 Å². The molecule has 0 N–H and O–H groups in total. The predicted octanol–water partition coefficient (Wildman–Crippen LogP) is 4.10. The van der Waals surface area contributed by atoms with E-state index in [4.69, 9.17) is 9.47 Å². The fourth-order valence-corrected chi connectivity index (χ4v) is 3.37. The zero-order valence-corrected chi connectivity index (χ0v) is 12.7. The van der Waals surface area contributed by atoms with Gasteiger partial charge in [0.15, 0.2) is 0 Å². The van der Waals surface area contributed by atoms with Gasteiger partial charge in [0.2, 0.25) is 0 Å². The lowest BCUT2D eigenvalue weighted by Crippen LogP contribution is -2.13. The fourth-order valence-electron chi connectivity index (χ4n) is 3.37. The number of allylic oxidation sites excluding steroid dienone is 2. The minimum atomic E-state index is -0.753. The smallest absolute Gasteiger partial charge is 0.434 e. The van der Waals surface area contributed by atoms with Crippen molar-refractivity contribution in [1.29, 1.82) is 0 Å². The van der Waals surface area contributed by atoms with E-state index in [0.717, 1.165) is 25.7 Å². The molecule has 0 aliphatic heterocycles. The van der Waals surface area contributed by atoms with Crippen LogP contribution in [0, 0.1) is 27.9 Å². The van der Waals surface area contributed by atoms with Crippen molar-refractivity contribution in [2.24, 2.45) is 17.8 Å². The van der Waals surface area contributed by atoms with Crippen molar-refractivity contribution in [3.8, 4) is 5.75 Å². The Morgan fingerprint density at radius 3 is 2.30 bits per heavy atom. The van der Waals surface area contributed by atoms with E-state index in [0.29, 0.717) is 24.4 Å². The molecule has 0 radical (unpaired) electrons. The number of fused-ring (bicyclic) bond motifs is 1. The normalized spacial score (nSPS) is 27.0. The molecule has 0 aromatic heterocycles. The molecule has 2 aliphatic rings. The number of nitro groups is 1. The van der Waals surface area contributed by atoms with Gasteiger partial charge in [-0.3, -0.25) is 10.1 Å². The van der Waals surface area contributed by atoms with Crippen molar-refractivity contribution >= 4 is 11.8 Å². The van der Waals surface area contributed by atoms with Gasteiger partial charge >= 0.3 is 6.16 Å². The summed E-state index contributed by atoms with van der Waals surface area (Å²) in [5.41, 5.74) is -0.0477. The van der Waals surface area contributed by atoms with Crippen LogP contribution in [0.25, 0.3) is 0 Å². The highest BCUT2D eigenvalue weighted by Gasteiger charge is 2.49. The van der Waals surface area contributed by atoms with Gasteiger partial charge in [-0.1, -0.05) is 12.2 Å². The van der Waals surface area contributed by atoms with Gasteiger partial charge in [-0.25, -0.2) is 4.79 Å². The lowest BCUT2D eigenvalue weighted by molar-refractivity contribution is -0.384. The van der Waals surface area contributed by atoms with Crippen LogP contribution in [-0.4, -0.2) is 17.7 Å². The van der Waals surface area contributed by atoms with E-state index >= 15 is 0 Å². The largest absolute Gasteiger partial charge is 0.513 e. The third-order valence-corrected chi connectivity index (χ3v) is 4.65. The quantitative estimate of drug-likeness (QED) is 0.274. The maximum absolute atomic E-state index is 11.7. The van der Waals surface area contributed by atoms with Gasteiger partial charge in [0.25, 0.3) is 5.69 Å². The Hall–Kier alpha value is -2.37. The van der Waals surface area contributed by atoms with Crippen LogP contribution in [0.2, 0.25) is 0 Å². The molecule has 122 valence electrons. The van der Waals surface area contributed by atoms with Crippen molar-refractivity contribution in [3.05, 3.63) is 46.5 Å². The zero-order valence-electron chi connectivity index (χ0n) is 12.7. The van der Waals surface area contributed by atoms with Crippen LogP contribution in [0.15, 0.2) is 36.4 Å². The average Bonchev–Trinajstić information content (AvgIpc) is 3.15. The Morgan fingerprint density at radius 2 is 1.74 bits per heavy atom. The number of hydrogen-bond acceptors (Lipinski definition) is 5. The van der Waals surface area contributed by atoms with E-state index in [9.17, 15) is 14.9 Å². The number of hydrogen-bond donors (Lipinski definition) is 0. The number of ether oxygens (including phenoxy) is 2. The van der Waals surface area contributed by atoms with Crippen LogP contribution in [-0.2, 0) is 4.74 Å².